The van der Waals surface area contributed by atoms with Crippen LogP contribution in [0.15, 0.2) is 12.1 Å². The standard InChI is InChI=1S/C18H29NO2/c1-6-19-17(18(20-5)7-9-21-10-8-18)16-12-14(3)13(2)11-15(16)4/h11-12,17,19H,6-10H2,1-5H3. The second kappa shape index (κ2) is 6.91. The smallest absolute Gasteiger partial charge is 0.0916 e. The van der Waals surface area contributed by atoms with Crippen molar-refractivity contribution >= 4 is 0 Å². The molecule has 1 heterocycles. The predicted octanol–water partition coefficient (Wildman–Crippen LogP) is 3.46. The largest absolute Gasteiger partial charge is 0.381 e. The highest BCUT2D eigenvalue weighted by Crippen LogP contribution is 2.39. The van der Waals surface area contributed by atoms with Gasteiger partial charge in [-0.15, -0.1) is 0 Å². The molecule has 1 aliphatic heterocycles. The monoisotopic (exact) mass is 291 g/mol. The fourth-order valence-corrected chi connectivity index (χ4v) is 3.40. The molecular formula is C18H29NO2. The van der Waals surface area contributed by atoms with Crippen LogP contribution in [0.1, 0.15) is 48.1 Å². The first-order chi connectivity index (χ1) is 10.0. The lowest BCUT2D eigenvalue weighted by Crippen LogP contribution is -2.49. The number of likely N-dealkylation sites (N-methyl/N-ethyl adjacent to an activating group) is 1. The molecule has 1 aromatic rings. The Balaban J connectivity index is 2.44. The van der Waals surface area contributed by atoms with Gasteiger partial charge in [-0.3, -0.25) is 0 Å². The number of hydrogen-bond donors (Lipinski definition) is 1. The van der Waals surface area contributed by atoms with Gasteiger partial charge >= 0.3 is 0 Å². The van der Waals surface area contributed by atoms with Crippen molar-refractivity contribution < 1.29 is 9.47 Å². The minimum atomic E-state index is -0.166. The zero-order valence-electron chi connectivity index (χ0n) is 14.1. The third-order valence-corrected chi connectivity index (χ3v) is 4.87. The van der Waals surface area contributed by atoms with Crippen molar-refractivity contribution in [2.45, 2.75) is 52.2 Å². The molecule has 0 saturated carbocycles. The fraction of sp³-hybridized carbons (Fsp3) is 0.667. The van der Waals surface area contributed by atoms with Crippen molar-refractivity contribution in [2.24, 2.45) is 0 Å². The van der Waals surface area contributed by atoms with E-state index in [0.29, 0.717) is 0 Å². The molecule has 3 nitrogen and oxygen atoms in total. The third kappa shape index (κ3) is 3.31. The predicted molar refractivity (Wildman–Crippen MR) is 86.9 cm³/mol. The quantitative estimate of drug-likeness (QED) is 0.901. The van der Waals surface area contributed by atoms with Crippen molar-refractivity contribution in [3.8, 4) is 0 Å². The average molecular weight is 291 g/mol. The van der Waals surface area contributed by atoms with E-state index in [9.17, 15) is 0 Å². The number of aryl methyl sites for hydroxylation is 3. The average Bonchev–Trinajstić information content (AvgIpc) is 2.49. The van der Waals surface area contributed by atoms with Crippen molar-refractivity contribution in [1.82, 2.24) is 5.32 Å². The molecular weight excluding hydrogens is 262 g/mol. The second-order valence-corrected chi connectivity index (χ2v) is 6.17. The maximum Gasteiger partial charge on any atom is 0.0916 e. The SMILES string of the molecule is CCNC(c1cc(C)c(C)cc1C)C1(OC)CCOCC1. The van der Waals surface area contributed by atoms with E-state index in [4.69, 9.17) is 9.47 Å². The summed E-state index contributed by atoms with van der Waals surface area (Å²) in [6.07, 6.45) is 1.88. The normalized spacial score (nSPS) is 19.5. The van der Waals surface area contributed by atoms with Gasteiger partial charge in [0, 0.05) is 33.2 Å². The van der Waals surface area contributed by atoms with Crippen LogP contribution in [-0.2, 0) is 9.47 Å². The van der Waals surface area contributed by atoms with E-state index in [0.717, 1.165) is 32.6 Å². The zero-order valence-corrected chi connectivity index (χ0v) is 14.1. The highest BCUT2D eigenvalue weighted by atomic mass is 16.5. The fourth-order valence-electron chi connectivity index (χ4n) is 3.40. The van der Waals surface area contributed by atoms with E-state index in [-0.39, 0.29) is 11.6 Å². The Hall–Kier alpha value is -0.900. The first-order valence-electron chi connectivity index (χ1n) is 7.98. The minimum absolute atomic E-state index is 0.166. The Morgan fingerprint density at radius 3 is 2.33 bits per heavy atom. The lowest BCUT2D eigenvalue weighted by molar-refractivity contribution is -0.111. The maximum absolute atomic E-state index is 6.03. The first-order valence-corrected chi connectivity index (χ1v) is 7.98. The van der Waals surface area contributed by atoms with E-state index >= 15 is 0 Å². The molecule has 0 bridgehead atoms. The molecule has 0 aromatic heterocycles. The van der Waals surface area contributed by atoms with Crippen molar-refractivity contribution in [1.29, 1.82) is 0 Å². The lowest BCUT2D eigenvalue weighted by atomic mass is 9.80. The van der Waals surface area contributed by atoms with E-state index in [2.05, 4.69) is 45.1 Å². The lowest BCUT2D eigenvalue weighted by Gasteiger charge is -2.43. The molecule has 118 valence electrons. The molecule has 1 atom stereocenters. The van der Waals surface area contributed by atoms with Crippen LogP contribution in [0.2, 0.25) is 0 Å². The Kier molecular flexibility index (Phi) is 5.42. The van der Waals surface area contributed by atoms with Crippen LogP contribution >= 0.6 is 0 Å². The van der Waals surface area contributed by atoms with Crippen LogP contribution in [0.4, 0.5) is 0 Å². The third-order valence-electron chi connectivity index (χ3n) is 4.87. The molecule has 1 saturated heterocycles. The molecule has 0 aliphatic carbocycles. The van der Waals surface area contributed by atoms with Crippen LogP contribution in [0.25, 0.3) is 0 Å². The van der Waals surface area contributed by atoms with Gasteiger partial charge < -0.3 is 14.8 Å². The summed E-state index contributed by atoms with van der Waals surface area (Å²) >= 11 is 0. The number of nitrogens with one attached hydrogen (secondary N) is 1. The summed E-state index contributed by atoms with van der Waals surface area (Å²) in [5, 5.41) is 3.67. The van der Waals surface area contributed by atoms with E-state index in [1.54, 1.807) is 0 Å². The Morgan fingerprint density at radius 2 is 1.76 bits per heavy atom. The second-order valence-electron chi connectivity index (χ2n) is 6.17. The zero-order chi connectivity index (χ0) is 15.5. The van der Waals surface area contributed by atoms with Gasteiger partial charge in [-0.2, -0.15) is 0 Å². The van der Waals surface area contributed by atoms with Gasteiger partial charge in [0.1, 0.15) is 0 Å². The summed E-state index contributed by atoms with van der Waals surface area (Å²) in [5.74, 6) is 0. The van der Waals surface area contributed by atoms with E-state index in [1.807, 2.05) is 7.11 Å². The maximum atomic E-state index is 6.03. The number of ether oxygens (including phenoxy) is 2. The highest BCUT2D eigenvalue weighted by molar-refractivity contribution is 5.39. The summed E-state index contributed by atoms with van der Waals surface area (Å²) in [6.45, 7) is 11.2. The summed E-state index contributed by atoms with van der Waals surface area (Å²) in [6, 6.07) is 4.84. The first kappa shape index (κ1) is 16.5. The number of benzene rings is 1. The molecule has 1 fully saturated rings. The minimum Gasteiger partial charge on any atom is -0.381 e. The molecule has 3 heteroatoms. The number of hydrogen-bond acceptors (Lipinski definition) is 3. The molecule has 1 N–H and O–H groups in total. The van der Waals surface area contributed by atoms with Gasteiger partial charge in [0.05, 0.1) is 11.6 Å². The molecule has 0 radical (unpaired) electrons. The molecule has 1 aliphatic rings. The van der Waals surface area contributed by atoms with Crippen LogP contribution in [-0.4, -0.2) is 32.5 Å². The van der Waals surface area contributed by atoms with Gasteiger partial charge in [0.25, 0.3) is 0 Å². The molecule has 1 aromatic carbocycles. The molecule has 1 unspecified atom stereocenters. The van der Waals surface area contributed by atoms with Gasteiger partial charge in [-0.05, 0) is 49.6 Å². The molecule has 0 spiro atoms. The molecule has 21 heavy (non-hydrogen) atoms. The summed E-state index contributed by atoms with van der Waals surface area (Å²) < 4.78 is 11.6. The van der Waals surface area contributed by atoms with Gasteiger partial charge in [0.2, 0.25) is 0 Å². The highest BCUT2D eigenvalue weighted by Gasteiger charge is 2.41. The van der Waals surface area contributed by atoms with Gasteiger partial charge in [0.15, 0.2) is 0 Å². The van der Waals surface area contributed by atoms with E-state index in [1.165, 1.54) is 22.3 Å². The number of methoxy groups -OCH3 is 1. The summed E-state index contributed by atoms with van der Waals surface area (Å²) in [5.41, 5.74) is 5.23. The number of rotatable bonds is 5. The Bertz CT molecular complexity index is 478. The molecule has 0 amide bonds. The van der Waals surface area contributed by atoms with Crippen LogP contribution in [0, 0.1) is 20.8 Å². The summed E-state index contributed by atoms with van der Waals surface area (Å²) in [7, 11) is 1.84. The Morgan fingerprint density at radius 1 is 1.14 bits per heavy atom. The van der Waals surface area contributed by atoms with Gasteiger partial charge in [-0.1, -0.05) is 19.1 Å². The molecule has 2 rings (SSSR count). The Labute approximate surface area is 129 Å². The topological polar surface area (TPSA) is 30.5 Å². The van der Waals surface area contributed by atoms with Crippen molar-refractivity contribution in [3.05, 3.63) is 34.4 Å². The van der Waals surface area contributed by atoms with Crippen LogP contribution < -0.4 is 5.32 Å². The van der Waals surface area contributed by atoms with E-state index < -0.39 is 0 Å². The van der Waals surface area contributed by atoms with Crippen molar-refractivity contribution in [2.75, 3.05) is 26.9 Å². The summed E-state index contributed by atoms with van der Waals surface area (Å²) in [4.78, 5) is 0. The van der Waals surface area contributed by atoms with Crippen LogP contribution in [0.3, 0.4) is 0 Å². The van der Waals surface area contributed by atoms with Crippen LogP contribution in [0.5, 0.6) is 0 Å². The van der Waals surface area contributed by atoms with Crippen molar-refractivity contribution in [3.63, 3.8) is 0 Å². The van der Waals surface area contributed by atoms with Gasteiger partial charge in [-0.25, -0.2) is 0 Å².